The second-order valence-corrected chi connectivity index (χ2v) is 7.64. The molecule has 1 aromatic heterocycles. The Morgan fingerprint density at radius 1 is 1.10 bits per heavy atom. The van der Waals surface area contributed by atoms with E-state index >= 15 is 0 Å². The molecule has 0 spiro atoms. The maximum Gasteiger partial charge on any atom is 0.319 e. The molecule has 0 aliphatic carbocycles. The first-order valence-electron chi connectivity index (χ1n) is 7.15. The van der Waals surface area contributed by atoms with E-state index in [0.29, 0.717) is 4.83 Å². The highest BCUT2D eigenvalue weighted by molar-refractivity contribution is 9.09. The Labute approximate surface area is 136 Å². The van der Waals surface area contributed by atoms with E-state index in [4.69, 9.17) is 0 Å². The smallest absolute Gasteiger partial charge is 0.216 e. The second-order valence-electron chi connectivity index (χ2n) is 5.36. The van der Waals surface area contributed by atoms with Gasteiger partial charge in [-0.3, -0.25) is 0 Å². The maximum absolute atomic E-state index is 3.77. The maximum atomic E-state index is 3.77. The van der Waals surface area contributed by atoms with Crippen LogP contribution < -0.4 is 4.57 Å². The quantitative estimate of drug-likeness (QED) is 0.498. The third kappa shape index (κ3) is 2.40. The Morgan fingerprint density at radius 2 is 1.86 bits per heavy atom. The minimum atomic E-state index is 0.552. The Hall–Kier alpha value is -1.26. The van der Waals surface area contributed by atoms with Gasteiger partial charge in [0, 0.05) is 5.75 Å². The fraction of sp³-hybridized carbons (Fsp3) is 0.235. The number of alkyl halides is 1. The van der Waals surface area contributed by atoms with Crippen LogP contribution in [-0.2, 0) is 13.1 Å². The first-order valence-corrected chi connectivity index (χ1v) is 9.05. The Bertz CT molecular complexity index is 782. The normalized spacial score (nSPS) is 17.9. The van der Waals surface area contributed by atoms with E-state index in [1.54, 1.807) is 0 Å². The SMILES string of the molecule is Br[C@H]1CSc2n(Cc3ccccc3)c3ccccc3[n+]2C1. The summed E-state index contributed by atoms with van der Waals surface area (Å²) < 4.78 is 4.90. The number of imidazole rings is 1. The minimum Gasteiger partial charge on any atom is -0.216 e. The molecule has 106 valence electrons. The van der Waals surface area contributed by atoms with E-state index in [2.05, 4.69) is 79.7 Å². The molecule has 0 N–H and O–H groups in total. The molecule has 1 atom stereocenters. The molecule has 0 amide bonds. The zero-order valence-electron chi connectivity index (χ0n) is 11.6. The molecule has 1 aliphatic heterocycles. The van der Waals surface area contributed by atoms with E-state index in [-0.39, 0.29) is 0 Å². The lowest BCUT2D eigenvalue weighted by Gasteiger charge is -2.14. The number of benzene rings is 2. The molecule has 0 radical (unpaired) electrons. The van der Waals surface area contributed by atoms with Gasteiger partial charge < -0.3 is 0 Å². The van der Waals surface area contributed by atoms with Crippen LogP contribution in [-0.4, -0.2) is 15.1 Å². The minimum absolute atomic E-state index is 0.552. The zero-order valence-corrected chi connectivity index (χ0v) is 14.0. The number of halogens is 1. The lowest BCUT2D eigenvalue weighted by atomic mass is 10.2. The van der Waals surface area contributed by atoms with E-state index in [9.17, 15) is 0 Å². The molecule has 0 saturated heterocycles. The third-order valence-corrected chi connectivity index (χ3v) is 6.19. The molecular weight excluding hydrogens is 344 g/mol. The van der Waals surface area contributed by atoms with Crippen LogP contribution in [0.2, 0.25) is 0 Å². The topological polar surface area (TPSA) is 8.81 Å². The lowest BCUT2D eigenvalue weighted by molar-refractivity contribution is -0.710. The zero-order chi connectivity index (χ0) is 14.2. The van der Waals surface area contributed by atoms with E-state index in [1.807, 2.05) is 11.8 Å². The molecule has 2 aromatic carbocycles. The molecule has 2 heterocycles. The van der Waals surface area contributed by atoms with Crippen LogP contribution in [0.15, 0.2) is 59.8 Å². The van der Waals surface area contributed by atoms with Crippen molar-refractivity contribution < 1.29 is 4.57 Å². The average Bonchev–Trinajstić information content (AvgIpc) is 2.82. The van der Waals surface area contributed by atoms with Gasteiger partial charge in [0.1, 0.15) is 13.1 Å². The number of nitrogens with zero attached hydrogens (tertiary/aromatic N) is 2. The summed E-state index contributed by atoms with van der Waals surface area (Å²) in [6.45, 7) is 1.98. The summed E-state index contributed by atoms with van der Waals surface area (Å²) in [6, 6.07) is 19.4. The molecule has 0 bridgehead atoms. The van der Waals surface area contributed by atoms with Crippen LogP contribution in [0.1, 0.15) is 5.56 Å². The van der Waals surface area contributed by atoms with Gasteiger partial charge in [0.05, 0.1) is 4.83 Å². The standard InChI is InChI=1S/C17H16BrN2S/c18-14-11-20-16-9-5-4-8-15(16)19(17(20)21-12-14)10-13-6-2-1-3-7-13/h1-9,14H,10-12H2/q+1/t14-/m1/s1. The largest absolute Gasteiger partial charge is 0.319 e. The summed E-state index contributed by atoms with van der Waals surface area (Å²) in [7, 11) is 0. The summed E-state index contributed by atoms with van der Waals surface area (Å²) >= 11 is 5.72. The van der Waals surface area contributed by atoms with E-state index < -0.39 is 0 Å². The predicted molar refractivity (Wildman–Crippen MR) is 91.1 cm³/mol. The average molecular weight is 360 g/mol. The van der Waals surface area contributed by atoms with Gasteiger partial charge in [0.25, 0.3) is 0 Å². The van der Waals surface area contributed by atoms with Gasteiger partial charge in [-0.25, -0.2) is 9.13 Å². The van der Waals surface area contributed by atoms with Crippen molar-refractivity contribution in [3.8, 4) is 0 Å². The molecule has 21 heavy (non-hydrogen) atoms. The molecule has 0 fully saturated rings. The second kappa shape index (κ2) is 5.50. The highest BCUT2D eigenvalue weighted by Gasteiger charge is 2.31. The molecule has 4 heteroatoms. The molecular formula is C17H16BrN2S+. The summed E-state index contributed by atoms with van der Waals surface area (Å²) in [4.78, 5) is 0.552. The van der Waals surface area contributed by atoms with Crippen molar-refractivity contribution in [2.75, 3.05) is 5.75 Å². The van der Waals surface area contributed by atoms with Crippen molar-refractivity contribution in [2.24, 2.45) is 0 Å². The van der Waals surface area contributed by atoms with Crippen LogP contribution >= 0.6 is 27.7 Å². The van der Waals surface area contributed by atoms with Gasteiger partial charge in [-0.15, -0.1) is 0 Å². The summed E-state index contributed by atoms with van der Waals surface area (Å²) in [5, 5.41) is 1.37. The number of aromatic nitrogens is 2. The van der Waals surface area contributed by atoms with Crippen molar-refractivity contribution in [2.45, 2.75) is 23.1 Å². The highest BCUT2D eigenvalue weighted by Crippen LogP contribution is 2.29. The van der Waals surface area contributed by atoms with Crippen molar-refractivity contribution in [1.82, 2.24) is 4.57 Å². The fourth-order valence-corrected chi connectivity index (χ4v) is 4.71. The van der Waals surface area contributed by atoms with Crippen molar-refractivity contribution in [1.29, 1.82) is 0 Å². The Balaban J connectivity index is 1.88. The number of hydrogen-bond acceptors (Lipinski definition) is 1. The number of rotatable bonds is 2. The molecule has 0 saturated carbocycles. The van der Waals surface area contributed by atoms with Gasteiger partial charge in [-0.2, -0.15) is 0 Å². The highest BCUT2D eigenvalue weighted by atomic mass is 79.9. The van der Waals surface area contributed by atoms with E-state index in [0.717, 1.165) is 18.8 Å². The first kappa shape index (κ1) is 13.4. The van der Waals surface area contributed by atoms with Crippen molar-refractivity contribution in [3.63, 3.8) is 0 Å². The van der Waals surface area contributed by atoms with Gasteiger partial charge in [0.2, 0.25) is 0 Å². The fourth-order valence-electron chi connectivity index (χ4n) is 2.94. The number of para-hydroxylation sites is 2. The Kier molecular flexibility index (Phi) is 3.51. The summed E-state index contributed by atoms with van der Waals surface area (Å²) in [6.07, 6.45) is 0. The van der Waals surface area contributed by atoms with Crippen LogP contribution in [0.4, 0.5) is 0 Å². The predicted octanol–water partition coefficient (Wildman–Crippen LogP) is 3.85. The van der Waals surface area contributed by atoms with Crippen molar-refractivity contribution >= 4 is 38.7 Å². The monoisotopic (exact) mass is 359 g/mol. The number of hydrogen-bond donors (Lipinski definition) is 0. The van der Waals surface area contributed by atoms with Crippen LogP contribution in [0.3, 0.4) is 0 Å². The van der Waals surface area contributed by atoms with Gasteiger partial charge >= 0.3 is 5.16 Å². The molecule has 1 aliphatic rings. The van der Waals surface area contributed by atoms with Crippen LogP contribution in [0.25, 0.3) is 11.0 Å². The number of thioether (sulfide) groups is 1. The lowest BCUT2D eigenvalue weighted by Crippen LogP contribution is -2.43. The molecule has 0 unspecified atom stereocenters. The summed E-state index contributed by atoms with van der Waals surface area (Å²) in [5.74, 6) is 1.13. The first-order chi connectivity index (χ1) is 10.3. The summed E-state index contributed by atoms with van der Waals surface area (Å²) in [5.41, 5.74) is 4.01. The van der Waals surface area contributed by atoms with E-state index in [1.165, 1.54) is 21.8 Å². The van der Waals surface area contributed by atoms with Gasteiger partial charge in [-0.1, -0.05) is 58.4 Å². The molecule has 4 rings (SSSR count). The van der Waals surface area contributed by atoms with Crippen LogP contribution in [0.5, 0.6) is 0 Å². The van der Waals surface area contributed by atoms with Gasteiger partial charge in [0.15, 0.2) is 11.0 Å². The van der Waals surface area contributed by atoms with Crippen LogP contribution in [0, 0.1) is 0 Å². The van der Waals surface area contributed by atoms with Gasteiger partial charge in [-0.05, 0) is 29.5 Å². The molecule has 2 nitrogen and oxygen atoms in total. The Morgan fingerprint density at radius 3 is 2.71 bits per heavy atom. The molecule has 3 aromatic rings. The third-order valence-electron chi connectivity index (χ3n) is 3.88. The number of fused-ring (bicyclic) bond motifs is 3. The van der Waals surface area contributed by atoms with Crippen molar-refractivity contribution in [3.05, 3.63) is 60.2 Å².